The van der Waals surface area contributed by atoms with Crippen molar-refractivity contribution in [3.63, 3.8) is 0 Å². The molecule has 7 nitrogen and oxygen atoms in total. The Balaban J connectivity index is 1.50. The molecule has 0 atom stereocenters. The van der Waals surface area contributed by atoms with E-state index in [9.17, 15) is 14.4 Å². The van der Waals surface area contributed by atoms with Gasteiger partial charge >= 0.3 is 0 Å². The third-order valence-corrected chi connectivity index (χ3v) is 5.26. The van der Waals surface area contributed by atoms with Crippen molar-refractivity contribution in [2.24, 2.45) is 0 Å². The van der Waals surface area contributed by atoms with Crippen molar-refractivity contribution in [2.45, 2.75) is 33.6 Å². The van der Waals surface area contributed by atoms with E-state index in [1.807, 2.05) is 44.2 Å². The third kappa shape index (κ3) is 6.45. The average molecular weight is 460 g/mol. The van der Waals surface area contributed by atoms with Crippen molar-refractivity contribution in [3.8, 4) is 5.75 Å². The molecule has 0 aliphatic heterocycles. The van der Waals surface area contributed by atoms with E-state index in [1.54, 1.807) is 36.4 Å². The van der Waals surface area contributed by atoms with Crippen LogP contribution < -0.4 is 20.9 Å². The number of benzene rings is 3. The van der Waals surface area contributed by atoms with Gasteiger partial charge in [-0.05, 0) is 72.9 Å². The van der Waals surface area contributed by atoms with Crippen LogP contribution in [0.25, 0.3) is 0 Å². The van der Waals surface area contributed by atoms with Crippen LogP contribution in [-0.4, -0.2) is 24.3 Å². The van der Waals surface area contributed by atoms with E-state index in [-0.39, 0.29) is 18.4 Å². The molecule has 0 saturated heterocycles. The molecule has 3 aromatic rings. The standard InChI is InChI=1S/C27H29N3O4/c1-17(2)22-14-9-18(3)15-24(22)34-16-25(31)29-30-26(32)20-10-12-21(13-11-20)28-27(33)23-8-6-5-7-19(23)4/h5-15,17H,16H2,1-4H3,(H,28,33)(H,29,31)(H,30,32). The molecule has 7 heteroatoms. The van der Waals surface area contributed by atoms with Crippen LogP contribution in [0.2, 0.25) is 0 Å². The first kappa shape index (κ1) is 24.5. The molecule has 3 rings (SSSR count). The van der Waals surface area contributed by atoms with Gasteiger partial charge in [-0.2, -0.15) is 0 Å². The maximum absolute atomic E-state index is 12.4. The largest absolute Gasteiger partial charge is 0.483 e. The summed E-state index contributed by atoms with van der Waals surface area (Å²) in [4.78, 5) is 36.9. The fourth-order valence-electron chi connectivity index (χ4n) is 3.35. The van der Waals surface area contributed by atoms with E-state index in [2.05, 4.69) is 30.0 Å². The van der Waals surface area contributed by atoms with E-state index in [0.29, 0.717) is 22.6 Å². The highest BCUT2D eigenvalue weighted by Gasteiger charge is 2.13. The van der Waals surface area contributed by atoms with Crippen molar-refractivity contribution in [3.05, 3.63) is 94.5 Å². The zero-order valence-corrected chi connectivity index (χ0v) is 19.8. The smallest absolute Gasteiger partial charge is 0.276 e. The predicted octanol–water partition coefficient (Wildman–Crippen LogP) is 4.52. The molecule has 3 aromatic carbocycles. The predicted molar refractivity (Wildman–Crippen MR) is 132 cm³/mol. The summed E-state index contributed by atoms with van der Waals surface area (Å²) < 4.78 is 5.67. The fraction of sp³-hybridized carbons (Fsp3) is 0.222. The lowest BCUT2D eigenvalue weighted by Crippen LogP contribution is -2.43. The van der Waals surface area contributed by atoms with Gasteiger partial charge in [-0.1, -0.05) is 44.2 Å². The summed E-state index contributed by atoms with van der Waals surface area (Å²) in [5.74, 6) is -0.283. The molecule has 3 amide bonds. The number of carbonyl (C=O) groups is 3. The number of hydrazine groups is 1. The first-order valence-electron chi connectivity index (χ1n) is 11.0. The molecule has 3 N–H and O–H groups in total. The lowest BCUT2D eigenvalue weighted by molar-refractivity contribution is -0.123. The number of nitrogens with one attached hydrogen (secondary N) is 3. The van der Waals surface area contributed by atoms with E-state index in [4.69, 9.17) is 4.74 Å². The Labute approximate surface area is 199 Å². The number of ether oxygens (including phenoxy) is 1. The minimum absolute atomic E-state index is 0.225. The molecule has 176 valence electrons. The van der Waals surface area contributed by atoms with Gasteiger partial charge in [-0.15, -0.1) is 0 Å². The summed E-state index contributed by atoms with van der Waals surface area (Å²) in [5.41, 5.74) is 9.12. The molecule has 0 aliphatic carbocycles. The number of rotatable bonds is 7. The second-order valence-corrected chi connectivity index (χ2v) is 8.33. The van der Waals surface area contributed by atoms with Crippen LogP contribution in [0.5, 0.6) is 5.75 Å². The van der Waals surface area contributed by atoms with Gasteiger partial charge in [0.1, 0.15) is 5.75 Å². The monoisotopic (exact) mass is 459 g/mol. The van der Waals surface area contributed by atoms with Crippen LogP contribution in [0.3, 0.4) is 0 Å². The first-order valence-corrected chi connectivity index (χ1v) is 11.0. The van der Waals surface area contributed by atoms with Crippen LogP contribution in [-0.2, 0) is 4.79 Å². The van der Waals surface area contributed by atoms with E-state index in [0.717, 1.165) is 16.7 Å². The zero-order valence-electron chi connectivity index (χ0n) is 19.8. The summed E-state index contributed by atoms with van der Waals surface area (Å²) in [6.45, 7) is 7.70. The lowest BCUT2D eigenvalue weighted by Gasteiger charge is -2.15. The van der Waals surface area contributed by atoms with Crippen molar-refractivity contribution in [2.75, 3.05) is 11.9 Å². The van der Waals surface area contributed by atoms with Crippen LogP contribution in [0, 0.1) is 13.8 Å². The van der Waals surface area contributed by atoms with Crippen LogP contribution in [0.1, 0.15) is 57.2 Å². The molecule has 0 unspecified atom stereocenters. The summed E-state index contributed by atoms with van der Waals surface area (Å²) in [7, 11) is 0. The summed E-state index contributed by atoms with van der Waals surface area (Å²) >= 11 is 0. The normalized spacial score (nSPS) is 10.5. The van der Waals surface area contributed by atoms with Gasteiger partial charge in [-0.25, -0.2) is 0 Å². The number of hydrogen-bond acceptors (Lipinski definition) is 4. The quantitative estimate of drug-likeness (QED) is 0.453. The molecule has 0 saturated carbocycles. The van der Waals surface area contributed by atoms with Crippen LogP contribution >= 0.6 is 0 Å². The first-order chi connectivity index (χ1) is 16.2. The number of anilines is 1. The Morgan fingerprint density at radius 2 is 1.56 bits per heavy atom. The second-order valence-electron chi connectivity index (χ2n) is 8.33. The average Bonchev–Trinajstić information content (AvgIpc) is 2.81. The molecule has 0 aliphatic rings. The summed E-state index contributed by atoms with van der Waals surface area (Å²) in [6, 6.07) is 19.6. The summed E-state index contributed by atoms with van der Waals surface area (Å²) in [6.07, 6.45) is 0. The molecule has 0 heterocycles. The van der Waals surface area contributed by atoms with Gasteiger partial charge in [0.2, 0.25) is 0 Å². The van der Waals surface area contributed by atoms with Crippen molar-refractivity contribution in [1.29, 1.82) is 0 Å². The van der Waals surface area contributed by atoms with E-state index in [1.165, 1.54) is 0 Å². The van der Waals surface area contributed by atoms with Crippen molar-refractivity contribution in [1.82, 2.24) is 10.9 Å². The molecular weight excluding hydrogens is 430 g/mol. The third-order valence-electron chi connectivity index (χ3n) is 5.26. The maximum atomic E-state index is 12.4. The molecule has 0 aromatic heterocycles. The fourth-order valence-corrected chi connectivity index (χ4v) is 3.35. The second kappa shape index (κ2) is 11.1. The Hall–Kier alpha value is -4.13. The van der Waals surface area contributed by atoms with Crippen LogP contribution in [0.15, 0.2) is 66.7 Å². The number of amides is 3. The van der Waals surface area contributed by atoms with Crippen molar-refractivity contribution < 1.29 is 19.1 Å². The number of carbonyl (C=O) groups excluding carboxylic acids is 3. The molecular formula is C27H29N3O4. The minimum Gasteiger partial charge on any atom is -0.483 e. The van der Waals surface area contributed by atoms with Gasteiger partial charge in [0.25, 0.3) is 17.7 Å². The molecule has 0 bridgehead atoms. The van der Waals surface area contributed by atoms with E-state index < -0.39 is 11.8 Å². The molecule has 0 radical (unpaired) electrons. The van der Waals surface area contributed by atoms with Gasteiger partial charge in [0, 0.05) is 16.8 Å². The zero-order chi connectivity index (χ0) is 24.7. The molecule has 0 spiro atoms. The highest BCUT2D eigenvalue weighted by Crippen LogP contribution is 2.27. The molecule has 34 heavy (non-hydrogen) atoms. The Morgan fingerprint density at radius 1 is 0.853 bits per heavy atom. The Kier molecular flexibility index (Phi) is 8.03. The lowest BCUT2D eigenvalue weighted by atomic mass is 10.0. The Bertz CT molecular complexity index is 1190. The van der Waals surface area contributed by atoms with Crippen LogP contribution in [0.4, 0.5) is 5.69 Å². The molecule has 0 fully saturated rings. The summed E-state index contributed by atoms with van der Waals surface area (Å²) in [5, 5.41) is 2.81. The highest BCUT2D eigenvalue weighted by molar-refractivity contribution is 6.05. The SMILES string of the molecule is Cc1ccc(C(C)C)c(OCC(=O)NNC(=O)c2ccc(NC(=O)c3ccccc3C)cc2)c1. The van der Waals surface area contributed by atoms with Gasteiger partial charge in [0.15, 0.2) is 6.61 Å². The minimum atomic E-state index is -0.483. The topological polar surface area (TPSA) is 96.5 Å². The van der Waals surface area contributed by atoms with E-state index >= 15 is 0 Å². The number of aryl methyl sites for hydroxylation is 2. The highest BCUT2D eigenvalue weighted by atomic mass is 16.5. The maximum Gasteiger partial charge on any atom is 0.276 e. The van der Waals surface area contributed by atoms with Gasteiger partial charge in [0.05, 0.1) is 0 Å². The van der Waals surface area contributed by atoms with Gasteiger partial charge in [-0.3, -0.25) is 25.2 Å². The van der Waals surface area contributed by atoms with Gasteiger partial charge < -0.3 is 10.1 Å². The Morgan fingerprint density at radius 3 is 2.24 bits per heavy atom. The van der Waals surface area contributed by atoms with Crippen molar-refractivity contribution >= 4 is 23.4 Å². The number of hydrogen-bond donors (Lipinski definition) is 3.